The largest absolute Gasteiger partial charge is 0.478 e. The number of carboxylic acid groups (broad SMARTS) is 1. The summed E-state index contributed by atoms with van der Waals surface area (Å²) < 4.78 is 0. The summed E-state index contributed by atoms with van der Waals surface area (Å²) in [5.41, 5.74) is 1.03. The maximum absolute atomic E-state index is 12.1. The molecule has 1 atom stereocenters. The zero-order chi connectivity index (χ0) is 14.5. The van der Waals surface area contributed by atoms with E-state index in [1.165, 1.54) is 6.42 Å². The van der Waals surface area contributed by atoms with E-state index in [1.807, 2.05) is 11.0 Å². The van der Waals surface area contributed by atoms with Gasteiger partial charge in [-0.3, -0.25) is 0 Å². The van der Waals surface area contributed by atoms with Crippen LogP contribution in [0.1, 0.15) is 42.1 Å². The fourth-order valence-electron chi connectivity index (χ4n) is 2.49. The number of rotatable bonds is 3. The molecule has 1 aromatic carbocycles. The Kier molecular flexibility index (Phi) is 4.61. The Balaban J connectivity index is 1.92. The third kappa shape index (κ3) is 3.50. The molecule has 1 aromatic rings. The van der Waals surface area contributed by atoms with Crippen molar-refractivity contribution in [2.45, 2.75) is 38.8 Å². The lowest BCUT2D eigenvalue weighted by Gasteiger charge is -2.33. The molecule has 0 bridgehead atoms. The average molecular weight is 276 g/mol. The first kappa shape index (κ1) is 14.4. The van der Waals surface area contributed by atoms with Crippen molar-refractivity contribution in [3.05, 3.63) is 35.4 Å². The molecule has 1 fully saturated rings. The van der Waals surface area contributed by atoms with Crippen LogP contribution < -0.4 is 5.32 Å². The van der Waals surface area contributed by atoms with Gasteiger partial charge in [0.2, 0.25) is 0 Å². The minimum Gasteiger partial charge on any atom is -0.478 e. The van der Waals surface area contributed by atoms with Crippen molar-refractivity contribution in [3.63, 3.8) is 0 Å². The van der Waals surface area contributed by atoms with Crippen molar-refractivity contribution in [3.8, 4) is 0 Å². The lowest BCUT2D eigenvalue weighted by Crippen LogP contribution is -2.47. The Morgan fingerprint density at radius 1 is 1.40 bits per heavy atom. The van der Waals surface area contributed by atoms with E-state index in [0.717, 1.165) is 24.9 Å². The topological polar surface area (TPSA) is 69.6 Å². The van der Waals surface area contributed by atoms with Crippen LogP contribution in [0.5, 0.6) is 0 Å². The Morgan fingerprint density at radius 2 is 2.20 bits per heavy atom. The Labute approximate surface area is 118 Å². The molecule has 1 unspecified atom stereocenters. The van der Waals surface area contributed by atoms with Crippen molar-refractivity contribution in [1.82, 2.24) is 10.2 Å². The standard InChI is InChI=1S/C15H20N2O3/c1-11-5-2-3-8-17(11)15(20)16-10-12-6-4-7-13(9-12)14(18)19/h4,6-7,9,11H,2-3,5,8,10H2,1H3,(H,16,20)(H,18,19). The third-order valence-electron chi connectivity index (χ3n) is 3.68. The number of carboxylic acids is 1. The highest BCUT2D eigenvalue weighted by Crippen LogP contribution is 2.16. The maximum Gasteiger partial charge on any atom is 0.335 e. The fourth-order valence-corrected chi connectivity index (χ4v) is 2.49. The molecule has 0 spiro atoms. The van der Waals surface area contributed by atoms with Crippen LogP contribution in [0.4, 0.5) is 4.79 Å². The molecule has 2 amide bonds. The van der Waals surface area contributed by atoms with Gasteiger partial charge in [0.05, 0.1) is 5.56 Å². The minimum atomic E-state index is -0.956. The highest BCUT2D eigenvalue weighted by molar-refractivity contribution is 5.87. The summed E-state index contributed by atoms with van der Waals surface area (Å²) >= 11 is 0. The summed E-state index contributed by atoms with van der Waals surface area (Å²) in [4.78, 5) is 24.8. The normalized spacial score (nSPS) is 18.6. The molecule has 0 aliphatic carbocycles. The second-order valence-electron chi connectivity index (χ2n) is 5.20. The van der Waals surface area contributed by atoms with Crippen molar-refractivity contribution < 1.29 is 14.7 Å². The van der Waals surface area contributed by atoms with E-state index in [0.29, 0.717) is 6.54 Å². The average Bonchev–Trinajstić information content (AvgIpc) is 2.45. The number of amides is 2. The molecule has 20 heavy (non-hydrogen) atoms. The molecule has 108 valence electrons. The smallest absolute Gasteiger partial charge is 0.335 e. The summed E-state index contributed by atoms with van der Waals surface area (Å²) in [6.07, 6.45) is 3.26. The van der Waals surface area contributed by atoms with E-state index >= 15 is 0 Å². The van der Waals surface area contributed by atoms with Crippen LogP contribution in [0, 0.1) is 0 Å². The van der Waals surface area contributed by atoms with Crippen LogP contribution in [0.3, 0.4) is 0 Å². The van der Waals surface area contributed by atoms with E-state index < -0.39 is 5.97 Å². The first-order valence-electron chi connectivity index (χ1n) is 6.94. The third-order valence-corrected chi connectivity index (χ3v) is 3.68. The van der Waals surface area contributed by atoms with Gasteiger partial charge in [-0.2, -0.15) is 0 Å². The van der Waals surface area contributed by atoms with E-state index in [4.69, 9.17) is 5.11 Å². The number of urea groups is 1. The van der Waals surface area contributed by atoms with Gasteiger partial charge in [-0.25, -0.2) is 9.59 Å². The molecule has 5 heteroatoms. The lowest BCUT2D eigenvalue weighted by atomic mass is 10.0. The molecular weight excluding hydrogens is 256 g/mol. The van der Waals surface area contributed by atoms with Gasteiger partial charge in [-0.15, -0.1) is 0 Å². The van der Waals surface area contributed by atoms with Gasteiger partial charge in [-0.1, -0.05) is 12.1 Å². The molecular formula is C15H20N2O3. The summed E-state index contributed by atoms with van der Waals surface area (Å²) in [7, 11) is 0. The Morgan fingerprint density at radius 3 is 2.90 bits per heavy atom. The van der Waals surface area contributed by atoms with E-state index in [9.17, 15) is 9.59 Å². The van der Waals surface area contributed by atoms with Crippen molar-refractivity contribution >= 4 is 12.0 Å². The number of carbonyl (C=O) groups excluding carboxylic acids is 1. The van der Waals surface area contributed by atoms with Gasteiger partial charge in [0.25, 0.3) is 0 Å². The summed E-state index contributed by atoms with van der Waals surface area (Å²) in [6.45, 7) is 3.20. The summed E-state index contributed by atoms with van der Waals surface area (Å²) in [5, 5.41) is 11.8. The second-order valence-corrected chi connectivity index (χ2v) is 5.20. The number of carbonyl (C=O) groups is 2. The summed E-state index contributed by atoms with van der Waals surface area (Å²) in [5.74, 6) is -0.956. The predicted molar refractivity (Wildman–Crippen MR) is 75.7 cm³/mol. The number of benzene rings is 1. The quantitative estimate of drug-likeness (QED) is 0.891. The predicted octanol–water partition coefficient (Wildman–Crippen LogP) is 2.47. The van der Waals surface area contributed by atoms with Gasteiger partial charge < -0.3 is 15.3 Å². The van der Waals surface area contributed by atoms with Gasteiger partial charge in [0.1, 0.15) is 0 Å². The molecule has 5 nitrogen and oxygen atoms in total. The van der Waals surface area contributed by atoms with Crippen LogP contribution >= 0.6 is 0 Å². The Bertz CT molecular complexity index is 502. The molecule has 1 aliphatic rings. The number of nitrogens with one attached hydrogen (secondary N) is 1. The summed E-state index contributed by atoms with van der Waals surface area (Å²) in [6, 6.07) is 6.83. The Hall–Kier alpha value is -2.04. The molecule has 2 rings (SSSR count). The first-order valence-corrected chi connectivity index (χ1v) is 6.94. The number of nitrogens with zero attached hydrogens (tertiary/aromatic N) is 1. The minimum absolute atomic E-state index is 0.0714. The van der Waals surface area contributed by atoms with Gasteiger partial charge in [0.15, 0.2) is 0 Å². The molecule has 0 saturated carbocycles. The van der Waals surface area contributed by atoms with Gasteiger partial charge in [0, 0.05) is 19.1 Å². The zero-order valence-corrected chi connectivity index (χ0v) is 11.6. The van der Waals surface area contributed by atoms with Crippen molar-refractivity contribution in [1.29, 1.82) is 0 Å². The first-order chi connectivity index (χ1) is 9.58. The van der Waals surface area contributed by atoms with Crippen LogP contribution in [0.2, 0.25) is 0 Å². The molecule has 1 heterocycles. The number of aromatic carboxylic acids is 1. The lowest BCUT2D eigenvalue weighted by molar-refractivity contribution is 0.0696. The molecule has 1 aliphatic heterocycles. The number of hydrogen-bond acceptors (Lipinski definition) is 2. The van der Waals surface area contributed by atoms with Crippen LogP contribution in [-0.4, -0.2) is 34.6 Å². The van der Waals surface area contributed by atoms with E-state index in [-0.39, 0.29) is 17.6 Å². The van der Waals surface area contributed by atoms with E-state index in [2.05, 4.69) is 12.2 Å². The van der Waals surface area contributed by atoms with Crippen LogP contribution in [0.15, 0.2) is 24.3 Å². The number of piperidine rings is 1. The monoisotopic (exact) mass is 276 g/mol. The van der Waals surface area contributed by atoms with Crippen molar-refractivity contribution in [2.75, 3.05) is 6.54 Å². The van der Waals surface area contributed by atoms with E-state index in [1.54, 1.807) is 18.2 Å². The second kappa shape index (κ2) is 6.41. The number of hydrogen-bond donors (Lipinski definition) is 2. The molecule has 0 radical (unpaired) electrons. The SMILES string of the molecule is CC1CCCCN1C(=O)NCc1cccc(C(=O)O)c1. The highest BCUT2D eigenvalue weighted by atomic mass is 16.4. The molecule has 1 saturated heterocycles. The van der Waals surface area contributed by atoms with Crippen LogP contribution in [-0.2, 0) is 6.54 Å². The molecule has 0 aromatic heterocycles. The van der Waals surface area contributed by atoms with Gasteiger partial charge in [-0.05, 0) is 43.9 Å². The van der Waals surface area contributed by atoms with Gasteiger partial charge >= 0.3 is 12.0 Å². The zero-order valence-electron chi connectivity index (χ0n) is 11.6. The fraction of sp³-hybridized carbons (Fsp3) is 0.467. The molecule has 2 N–H and O–H groups in total. The number of likely N-dealkylation sites (tertiary alicyclic amines) is 1. The maximum atomic E-state index is 12.1. The highest BCUT2D eigenvalue weighted by Gasteiger charge is 2.22. The van der Waals surface area contributed by atoms with Crippen molar-refractivity contribution in [2.24, 2.45) is 0 Å². The van der Waals surface area contributed by atoms with Crippen LogP contribution in [0.25, 0.3) is 0 Å².